The number of aromatic nitrogens is 2. The molecule has 5 nitrogen and oxygen atoms in total. The number of nitriles is 1. The van der Waals surface area contributed by atoms with Crippen LogP contribution in [0.15, 0.2) is 41.1 Å². The molecule has 19 heavy (non-hydrogen) atoms. The van der Waals surface area contributed by atoms with Gasteiger partial charge in [-0.15, -0.1) is 0 Å². The number of rotatable bonds is 3. The van der Waals surface area contributed by atoms with Crippen molar-refractivity contribution in [1.29, 1.82) is 5.26 Å². The Morgan fingerprint density at radius 2 is 2.37 bits per heavy atom. The van der Waals surface area contributed by atoms with Crippen molar-refractivity contribution in [1.82, 2.24) is 9.78 Å². The molecular weight excluding hydrogens is 308 g/mol. The highest BCUT2D eigenvalue weighted by Crippen LogP contribution is 2.21. The van der Waals surface area contributed by atoms with Crippen molar-refractivity contribution in [2.24, 2.45) is 0 Å². The molecule has 0 bridgehead atoms. The van der Waals surface area contributed by atoms with E-state index in [-0.39, 0.29) is 5.91 Å². The topological polar surface area (TPSA) is 70.7 Å². The Hall–Kier alpha value is -2.13. The van der Waals surface area contributed by atoms with E-state index in [1.165, 1.54) is 0 Å². The molecule has 1 atom stereocenters. The summed E-state index contributed by atoms with van der Waals surface area (Å²) in [7, 11) is 0. The molecule has 1 amide bonds. The van der Waals surface area contributed by atoms with Gasteiger partial charge in [0, 0.05) is 16.9 Å². The van der Waals surface area contributed by atoms with Crippen LogP contribution in [0.25, 0.3) is 0 Å². The van der Waals surface area contributed by atoms with Crippen molar-refractivity contribution in [3.05, 3.63) is 46.7 Å². The van der Waals surface area contributed by atoms with Gasteiger partial charge >= 0.3 is 0 Å². The van der Waals surface area contributed by atoms with Gasteiger partial charge in [-0.05, 0) is 31.2 Å². The lowest BCUT2D eigenvalue weighted by molar-refractivity contribution is -0.119. The number of amides is 1. The first-order valence-corrected chi connectivity index (χ1v) is 6.41. The maximum absolute atomic E-state index is 12.1. The first-order valence-electron chi connectivity index (χ1n) is 5.61. The largest absolute Gasteiger partial charge is 0.323 e. The predicted octanol–water partition coefficient (Wildman–Crippen LogP) is 2.72. The Morgan fingerprint density at radius 3 is 3.00 bits per heavy atom. The van der Waals surface area contributed by atoms with Gasteiger partial charge in [-0.25, -0.2) is 0 Å². The molecule has 1 N–H and O–H groups in total. The standard InChI is InChI=1S/C13H11BrN4O/c1-9(18-6-2-5-16-18)13(19)17-12-7-11(14)4-3-10(12)8-15/h2-7,9H,1H3,(H,17,19). The van der Waals surface area contributed by atoms with Gasteiger partial charge in [0.1, 0.15) is 12.1 Å². The first-order chi connectivity index (χ1) is 9.11. The SMILES string of the molecule is CC(C(=O)Nc1cc(Br)ccc1C#N)n1cccn1. The second kappa shape index (κ2) is 5.67. The minimum Gasteiger partial charge on any atom is -0.323 e. The minimum absolute atomic E-state index is 0.224. The van der Waals surface area contributed by atoms with E-state index in [9.17, 15) is 4.79 Å². The van der Waals surface area contributed by atoms with Gasteiger partial charge in [0.15, 0.2) is 0 Å². The molecule has 0 spiro atoms. The fourth-order valence-electron chi connectivity index (χ4n) is 1.58. The zero-order chi connectivity index (χ0) is 13.8. The number of nitrogens with zero attached hydrogens (tertiary/aromatic N) is 3. The number of carbonyl (C=O) groups is 1. The average molecular weight is 319 g/mol. The van der Waals surface area contributed by atoms with Crippen LogP contribution < -0.4 is 5.32 Å². The molecule has 1 aromatic carbocycles. The smallest absolute Gasteiger partial charge is 0.248 e. The Labute approximate surface area is 119 Å². The molecular formula is C13H11BrN4O. The monoisotopic (exact) mass is 318 g/mol. The quantitative estimate of drug-likeness (QED) is 0.945. The third-order valence-corrected chi connectivity index (χ3v) is 3.15. The molecule has 0 radical (unpaired) electrons. The lowest BCUT2D eigenvalue weighted by atomic mass is 10.2. The number of anilines is 1. The summed E-state index contributed by atoms with van der Waals surface area (Å²) in [6.45, 7) is 1.74. The van der Waals surface area contributed by atoms with Crippen LogP contribution in [0.1, 0.15) is 18.5 Å². The van der Waals surface area contributed by atoms with Gasteiger partial charge in [-0.2, -0.15) is 10.4 Å². The highest BCUT2D eigenvalue weighted by Gasteiger charge is 2.16. The summed E-state index contributed by atoms with van der Waals surface area (Å²) in [5, 5.41) is 15.8. The fraction of sp³-hybridized carbons (Fsp3) is 0.154. The van der Waals surface area contributed by atoms with Gasteiger partial charge in [0.05, 0.1) is 11.3 Å². The van der Waals surface area contributed by atoms with Crippen LogP contribution in [0.2, 0.25) is 0 Å². The summed E-state index contributed by atoms with van der Waals surface area (Å²) in [6, 6.07) is 8.46. The summed E-state index contributed by atoms with van der Waals surface area (Å²) < 4.78 is 2.35. The van der Waals surface area contributed by atoms with E-state index in [0.717, 1.165) is 4.47 Å². The third kappa shape index (κ3) is 3.01. The van der Waals surface area contributed by atoms with Crippen molar-refractivity contribution < 1.29 is 4.79 Å². The van der Waals surface area contributed by atoms with Gasteiger partial charge in [-0.3, -0.25) is 9.48 Å². The molecule has 0 aliphatic heterocycles. The van der Waals surface area contributed by atoms with Crippen LogP contribution >= 0.6 is 15.9 Å². The zero-order valence-electron chi connectivity index (χ0n) is 10.2. The summed E-state index contributed by atoms with van der Waals surface area (Å²) in [5.74, 6) is -0.224. The van der Waals surface area contributed by atoms with Crippen LogP contribution in [0.4, 0.5) is 5.69 Å². The van der Waals surface area contributed by atoms with Crippen molar-refractivity contribution in [2.45, 2.75) is 13.0 Å². The number of hydrogen-bond donors (Lipinski definition) is 1. The third-order valence-electron chi connectivity index (χ3n) is 2.66. The maximum Gasteiger partial charge on any atom is 0.248 e. The summed E-state index contributed by atoms with van der Waals surface area (Å²) in [5.41, 5.74) is 0.907. The highest BCUT2D eigenvalue weighted by molar-refractivity contribution is 9.10. The van der Waals surface area contributed by atoms with E-state index < -0.39 is 6.04 Å². The van der Waals surface area contributed by atoms with Crippen molar-refractivity contribution >= 4 is 27.5 Å². The Bertz CT molecular complexity index is 631. The molecule has 0 saturated heterocycles. The van der Waals surface area contributed by atoms with Gasteiger partial charge in [0.2, 0.25) is 5.91 Å². The molecule has 6 heteroatoms. The van der Waals surface area contributed by atoms with Gasteiger partial charge in [-0.1, -0.05) is 15.9 Å². The number of nitrogens with one attached hydrogen (secondary N) is 1. The van der Waals surface area contributed by atoms with Crippen LogP contribution in [-0.2, 0) is 4.79 Å². The lowest BCUT2D eigenvalue weighted by Crippen LogP contribution is -2.24. The first kappa shape index (κ1) is 13.3. The molecule has 96 valence electrons. The van der Waals surface area contributed by atoms with E-state index in [1.807, 2.05) is 6.07 Å². The minimum atomic E-state index is -0.444. The van der Waals surface area contributed by atoms with Crippen LogP contribution in [-0.4, -0.2) is 15.7 Å². The molecule has 1 unspecified atom stereocenters. The molecule has 0 aliphatic carbocycles. The fourth-order valence-corrected chi connectivity index (χ4v) is 1.95. The molecule has 1 aromatic heterocycles. The second-order valence-electron chi connectivity index (χ2n) is 3.95. The number of carbonyl (C=O) groups excluding carboxylic acids is 1. The van der Waals surface area contributed by atoms with E-state index in [2.05, 4.69) is 26.3 Å². The molecule has 0 saturated carbocycles. The zero-order valence-corrected chi connectivity index (χ0v) is 11.8. The molecule has 1 heterocycles. The molecule has 2 rings (SSSR count). The molecule has 0 fully saturated rings. The van der Waals surface area contributed by atoms with E-state index in [4.69, 9.17) is 5.26 Å². The van der Waals surface area contributed by atoms with E-state index in [1.54, 1.807) is 48.3 Å². The number of hydrogen-bond acceptors (Lipinski definition) is 3. The van der Waals surface area contributed by atoms with Crippen LogP contribution in [0.3, 0.4) is 0 Å². The highest BCUT2D eigenvalue weighted by atomic mass is 79.9. The number of halogens is 1. The normalized spacial score (nSPS) is 11.6. The van der Waals surface area contributed by atoms with Crippen molar-refractivity contribution in [3.8, 4) is 6.07 Å². The maximum atomic E-state index is 12.1. The van der Waals surface area contributed by atoms with Crippen molar-refractivity contribution in [3.63, 3.8) is 0 Å². The van der Waals surface area contributed by atoms with Crippen LogP contribution in [0.5, 0.6) is 0 Å². The molecule has 0 aliphatic rings. The summed E-state index contributed by atoms with van der Waals surface area (Å²) >= 11 is 3.31. The second-order valence-corrected chi connectivity index (χ2v) is 4.87. The Kier molecular flexibility index (Phi) is 3.97. The van der Waals surface area contributed by atoms with Gasteiger partial charge in [0.25, 0.3) is 0 Å². The Morgan fingerprint density at radius 1 is 1.58 bits per heavy atom. The van der Waals surface area contributed by atoms with Crippen LogP contribution in [0, 0.1) is 11.3 Å². The Balaban J connectivity index is 2.20. The summed E-state index contributed by atoms with van der Waals surface area (Å²) in [4.78, 5) is 12.1. The van der Waals surface area contributed by atoms with E-state index >= 15 is 0 Å². The number of benzene rings is 1. The predicted molar refractivity (Wildman–Crippen MR) is 74.4 cm³/mol. The molecule has 2 aromatic rings. The van der Waals surface area contributed by atoms with Gasteiger partial charge < -0.3 is 5.32 Å². The summed E-state index contributed by atoms with van der Waals surface area (Å²) in [6.07, 6.45) is 3.33. The average Bonchev–Trinajstić information content (AvgIpc) is 2.92. The van der Waals surface area contributed by atoms with E-state index in [0.29, 0.717) is 11.3 Å². The lowest BCUT2D eigenvalue weighted by Gasteiger charge is -2.13. The van der Waals surface area contributed by atoms with Crippen molar-refractivity contribution in [2.75, 3.05) is 5.32 Å².